The first kappa shape index (κ1) is 31.8. The molecule has 0 aliphatic carbocycles. The molecule has 0 saturated carbocycles. The van der Waals surface area contributed by atoms with Crippen molar-refractivity contribution in [1.82, 2.24) is 14.5 Å². The molecule has 0 radical (unpaired) electrons. The standard InChI is InChI=1S/C26H40Cl2FN3O4S/c1-9-31(10-2)23(33)35-18-15-17(27)20(28)21(29)19(18)22(30-37-26(6,7)8)16-11-13-32(14-12-16)24(34)36-25(3,4)5/h15-16,22,30H,9-14H2,1-8H3. The van der Waals surface area contributed by atoms with Crippen molar-refractivity contribution in [2.75, 3.05) is 26.2 Å². The van der Waals surface area contributed by atoms with Gasteiger partial charge in [-0.2, -0.15) is 0 Å². The van der Waals surface area contributed by atoms with Crippen LogP contribution in [0.1, 0.15) is 79.8 Å². The topological polar surface area (TPSA) is 71.1 Å². The van der Waals surface area contributed by atoms with Gasteiger partial charge >= 0.3 is 12.2 Å². The predicted octanol–water partition coefficient (Wildman–Crippen LogP) is 7.70. The molecular formula is C26H40Cl2FN3O4S. The normalized spacial score (nSPS) is 15.9. The Morgan fingerprint density at radius 2 is 1.73 bits per heavy atom. The minimum atomic E-state index is -0.724. The van der Waals surface area contributed by atoms with E-state index in [-0.39, 0.29) is 38.1 Å². The van der Waals surface area contributed by atoms with E-state index < -0.39 is 23.6 Å². The number of carbonyl (C=O) groups excluding carboxylic acids is 2. The van der Waals surface area contributed by atoms with Crippen LogP contribution in [0.3, 0.4) is 0 Å². The molecule has 11 heteroatoms. The van der Waals surface area contributed by atoms with Crippen LogP contribution in [0.5, 0.6) is 5.75 Å². The molecule has 0 spiro atoms. The summed E-state index contributed by atoms with van der Waals surface area (Å²) in [4.78, 5) is 28.5. The lowest BCUT2D eigenvalue weighted by Crippen LogP contribution is -2.44. The number of amides is 2. The van der Waals surface area contributed by atoms with Gasteiger partial charge in [0.2, 0.25) is 0 Å². The van der Waals surface area contributed by atoms with Gasteiger partial charge in [-0.05, 0) is 74.1 Å². The van der Waals surface area contributed by atoms with Gasteiger partial charge in [-0.15, -0.1) is 0 Å². The fourth-order valence-corrected chi connectivity index (χ4v) is 5.10. The SMILES string of the molecule is CCN(CC)C(=O)Oc1cc(Cl)c(Cl)c(F)c1C(NSC(C)(C)C)C1CCN(C(=O)OC(C)(C)C)CC1. The maximum Gasteiger partial charge on any atom is 0.415 e. The molecule has 2 amide bonds. The van der Waals surface area contributed by atoms with E-state index in [0.29, 0.717) is 39.0 Å². The Balaban J connectivity index is 2.43. The number of carbonyl (C=O) groups is 2. The van der Waals surface area contributed by atoms with Crippen molar-refractivity contribution in [3.8, 4) is 5.75 Å². The van der Waals surface area contributed by atoms with Gasteiger partial charge in [0.15, 0.2) is 5.82 Å². The number of ether oxygens (including phenoxy) is 2. The van der Waals surface area contributed by atoms with E-state index in [0.717, 1.165) is 0 Å². The van der Waals surface area contributed by atoms with Crippen LogP contribution in [0, 0.1) is 11.7 Å². The molecule has 1 fully saturated rings. The second-order valence-corrected chi connectivity index (χ2v) is 13.5. The zero-order valence-electron chi connectivity index (χ0n) is 23.0. The van der Waals surface area contributed by atoms with Gasteiger partial charge in [0.25, 0.3) is 0 Å². The highest BCUT2D eigenvalue weighted by atomic mass is 35.5. The highest BCUT2D eigenvalue weighted by Gasteiger charge is 2.36. The Morgan fingerprint density at radius 3 is 2.22 bits per heavy atom. The van der Waals surface area contributed by atoms with E-state index in [1.165, 1.54) is 22.9 Å². The fraction of sp³-hybridized carbons (Fsp3) is 0.692. The number of hydrogen-bond acceptors (Lipinski definition) is 6. The lowest BCUT2D eigenvalue weighted by atomic mass is 9.85. The molecule has 1 aliphatic rings. The maximum absolute atomic E-state index is 15.8. The third-order valence-electron chi connectivity index (χ3n) is 5.85. The number of benzene rings is 1. The van der Waals surface area contributed by atoms with Gasteiger partial charge < -0.3 is 19.3 Å². The lowest BCUT2D eigenvalue weighted by molar-refractivity contribution is 0.0171. The first-order chi connectivity index (χ1) is 17.1. The first-order valence-electron chi connectivity index (χ1n) is 12.6. The van der Waals surface area contributed by atoms with Crippen LogP contribution in [-0.2, 0) is 4.74 Å². The average molecular weight is 581 g/mol. The van der Waals surface area contributed by atoms with Gasteiger partial charge in [-0.25, -0.2) is 14.0 Å². The van der Waals surface area contributed by atoms with Gasteiger partial charge in [0, 0.05) is 37.0 Å². The molecule has 1 aromatic carbocycles. The van der Waals surface area contributed by atoms with Gasteiger partial charge in [0.1, 0.15) is 11.4 Å². The molecule has 1 aliphatic heterocycles. The van der Waals surface area contributed by atoms with Crippen molar-refractivity contribution in [3.63, 3.8) is 0 Å². The van der Waals surface area contributed by atoms with Crippen molar-refractivity contribution in [2.45, 2.75) is 84.6 Å². The highest BCUT2D eigenvalue weighted by molar-refractivity contribution is 7.98. The average Bonchev–Trinajstić information content (AvgIpc) is 2.78. The smallest absolute Gasteiger partial charge is 0.415 e. The van der Waals surface area contributed by atoms with Crippen LogP contribution in [0.4, 0.5) is 14.0 Å². The molecule has 37 heavy (non-hydrogen) atoms. The zero-order valence-corrected chi connectivity index (χ0v) is 25.4. The van der Waals surface area contributed by atoms with Crippen molar-refractivity contribution in [2.24, 2.45) is 5.92 Å². The minimum Gasteiger partial charge on any atom is -0.444 e. The van der Waals surface area contributed by atoms with E-state index in [9.17, 15) is 9.59 Å². The minimum absolute atomic E-state index is 0.0328. The monoisotopic (exact) mass is 579 g/mol. The number of nitrogens with zero attached hydrogens (tertiary/aromatic N) is 2. The lowest BCUT2D eigenvalue weighted by Gasteiger charge is -2.38. The highest BCUT2D eigenvalue weighted by Crippen LogP contribution is 2.44. The van der Waals surface area contributed by atoms with Crippen LogP contribution in [0.15, 0.2) is 6.07 Å². The van der Waals surface area contributed by atoms with E-state index in [1.807, 2.05) is 55.4 Å². The van der Waals surface area contributed by atoms with Gasteiger partial charge in [-0.3, -0.25) is 4.72 Å². The second kappa shape index (κ2) is 13.1. The summed E-state index contributed by atoms with van der Waals surface area (Å²) in [5, 5.41) is -0.259. The fourth-order valence-electron chi connectivity index (χ4n) is 3.98. The van der Waals surface area contributed by atoms with E-state index in [2.05, 4.69) is 4.72 Å². The number of likely N-dealkylation sites (tertiary alicyclic amines) is 1. The quantitative estimate of drug-likeness (QED) is 0.263. The number of piperidine rings is 1. The summed E-state index contributed by atoms with van der Waals surface area (Å²) in [5.41, 5.74) is -0.434. The molecule has 210 valence electrons. The molecule has 1 aromatic rings. The predicted molar refractivity (Wildman–Crippen MR) is 149 cm³/mol. The summed E-state index contributed by atoms with van der Waals surface area (Å²) >= 11 is 13.9. The van der Waals surface area contributed by atoms with Crippen molar-refractivity contribution >= 4 is 47.3 Å². The van der Waals surface area contributed by atoms with Crippen molar-refractivity contribution in [3.05, 3.63) is 27.5 Å². The van der Waals surface area contributed by atoms with Crippen LogP contribution in [0.2, 0.25) is 10.0 Å². The number of hydrogen-bond donors (Lipinski definition) is 1. The molecule has 2 rings (SSSR count). The van der Waals surface area contributed by atoms with Gasteiger partial charge in [0.05, 0.1) is 21.7 Å². The molecule has 1 atom stereocenters. The number of nitrogens with one attached hydrogen (secondary N) is 1. The Kier molecular flexibility index (Phi) is 11.2. The van der Waals surface area contributed by atoms with Gasteiger partial charge in [-0.1, -0.05) is 35.1 Å². The van der Waals surface area contributed by atoms with E-state index in [1.54, 1.807) is 4.90 Å². The molecule has 7 nitrogen and oxygen atoms in total. The number of rotatable bonds is 7. The molecule has 0 bridgehead atoms. The molecular weight excluding hydrogens is 540 g/mol. The Hall–Kier alpha value is -1.42. The van der Waals surface area contributed by atoms with Crippen LogP contribution < -0.4 is 9.46 Å². The zero-order chi connectivity index (χ0) is 28.1. The first-order valence-corrected chi connectivity index (χ1v) is 14.2. The maximum atomic E-state index is 15.8. The summed E-state index contributed by atoms with van der Waals surface area (Å²) in [6.07, 6.45) is 0.218. The molecule has 1 saturated heterocycles. The third-order valence-corrected chi connectivity index (χ3v) is 7.60. The van der Waals surface area contributed by atoms with Crippen molar-refractivity contribution < 1.29 is 23.5 Å². The van der Waals surface area contributed by atoms with Crippen LogP contribution >= 0.6 is 35.1 Å². The summed E-state index contributed by atoms with van der Waals surface area (Å²) in [7, 11) is 0. The third kappa shape index (κ3) is 9.08. The molecule has 0 aromatic heterocycles. The summed E-state index contributed by atoms with van der Waals surface area (Å²) in [6, 6.07) is 0.843. The Morgan fingerprint density at radius 1 is 1.16 bits per heavy atom. The number of halogens is 3. The Labute approximate surface area is 234 Å². The summed E-state index contributed by atoms with van der Waals surface area (Å²) in [6.45, 7) is 17.1. The van der Waals surface area contributed by atoms with Crippen LogP contribution in [0.25, 0.3) is 0 Å². The summed E-state index contributed by atoms with van der Waals surface area (Å²) < 4.78 is 30.3. The largest absolute Gasteiger partial charge is 0.444 e. The summed E-state index contributed by atoms with van der Waals surface area (Å²) in [5.74, 6) is -0.769. The second-order valence-electron chi connectivity index (χ2n) is 11.1. The molecule has 1 unspecified atom stereocenters. The van der Waals surface area contributed by atoms with Crippen molar-refractivity contribution in [1.29, 1.82) is 0 Å². The molecule has 1 heterocycles. The van der Waals surface area contributed by atoms with Crippen LogP contribution in [-0.4, -0.2) is 58.5 Å². The van der Waals surface area contributed by atoms with E-state index >= 15 is 4.39 Å². The molecule has 1 N–H and O–H groups in total. The van der Waals surface area contributed by atoms with E-state index in [4.69, 9.17) is 32.7 Å². The Bertz CT molecular complexity index is 957.